The SMILES string of the molecule is CC1CCCCC(C)CCCC(C)(C)CCCCC(C)C(C)CCC1. The molecule has 0 saturated heterocycles. The molecule has 1 rings (SSSR count). The van der Waals surface area contributed by atoms with Crippen LogP contribution < -0.4 is 0 Å². The van der Waals surface area contributed by atoms with Crippen LogP contribution in [-0.2, 0) is 0 Å². The second kappa shape index (κ2) is 12.4. The molecular weight excluding hydrogens is 300 g/mol. The van der Waals surface area contributed by atoms with E-state index in [-0.39, 0.29) is 0 Å². The Balaban J connectivity index is 2.47. The van der Waals surface area contributed by atoms with Gasteiger partial charge in [0, 0.05) is 0 Å². The van der Waals surface area contributed by atoms with Crippen LogP contribution in [0.25, 0.3) is 0 Å². The Hall–Kier alpha value is 0. The predicted octanol–water partition coefficient (Wildman–Crippen LogP) is 9.03. The zero-order chi connectivity index (χ0) is 18.7. The molecule has 0 heterocycles. The van der Waals surface area contributed by atoms with E-state index in [2.05, 4.69) is 41.5 Å². The van der Waals surface area contributed by atoms with Crippen molar-refractivity contribution in [2.45, 2.75) is 131 Å². The molecule has 0 aromatic rings. The average molecular weight is 351 g/mol. The summed E-state index contributed by atoms with van der Waals surface area (Å²) in [4.78, 5) is 0. The van der Waals surface area contributed by atoms with Crippen LogP contribution in [-0.4, -0.2) is 0 Å². The van der Waals surface area contributed by atoms with Crippen molar-refractivity contribution >= 4 is 0 Å². The Morgan fingerprint density at radius 1 is 0.480 bits per heavy atom. The van der Waals surface area contributed by atoms with Gasteiger partial charge in [-0.05, 0) is 41.9 Å². The lowest BCUT2D eigenvalue weighted by Gasteiger charge is -2.26. The Morgan fingerprint density at radius 3 is 1.48 bits per heavy atom. The molecule has 1 saturated carbocycles. The maximum atomic E-state index is 2.51. The highest BCUT2D eigenvalue weighted by Gasteiger charge is 2.19. The molecule has 1 aliphatic carbocycles. The first-order valence-corrected chi connectivity index (χ1v) is 11.8. The standard InChI is InChI=1S/C25H50/c1-21-13-7-8-14-22(2)16-12-20-25(5,6)19-10-9-17-23(3)24(4)18-11-15-21/h21-24H,7-20H2,1-6H3. The van der Waals surface area contributed by atoms with Gasteiger partial charge < -0.3 is 0 Å². The molecule has 1 fully saturated rings. The summed E-state index contributed by atoms with van der Waals surface area (Å²) in [7, 11) is 0. The van der Waals surface area contributed by atoms with Crippen molar-refractivity contribution in [3.63, 3.8) is 0 Å². The minimum Gasteiger partial charge on any atom is -0.0625 e. The summed E-state index contributed by atoms with van der Waals surface area (Å²) < 4.78 is 0. The molecule has 0 spiro atoms. The van der Waals surface area contributed by atoms with Gasteiger partial charge in [0.15, 0.2) is 0 Å². The molecule has 0 bridgehead atoms. The molecule has 0 aromatic carbocycles. The molecule has 0 aliphatic heterocycles. The maximum Gasteiger partial charge on any atom is -0.0354 e. The summed E-state index contributed by atoms with van der Waals surface area (Å²) >= 11 is 0. The van der Waals surface area contributed by atoms with Crippen LogP contribution in [0.2, 0.25) is 0 Å². The maximum absolute atomic E-state index is 2.51. The highest BCUT2D eigenvalue weighted by molar-refractivity contribution is 4.71. The molecule has 0 aromatic heterocycles. The van der Waals surface area contributed by atoms with E-state index >= 15 is 0 Å². The van der Waals surface area contributed by atoms with Crippen LogP contribution >= 0.6 is 0 Å². The van der Waals surface area contributed by atoms with Gasteiger partial charge in [-0.1, -0.05) is 119 Å². The van der Waals surface area contributed by atoms with E-state index in [1.54, 1.807) is 0 Å². The molecule has 0 radical (unpaired) electrons. The van der Waals surface area contributed by atoms with E-state index < -0.39 is 0 Å². The van der Waals surface area contributed by atoms with Crippen molar-refractivity contribution in [3.8, 4) is 0 Å². The largest absolute Gasteiger partial charge is 0.0625 e. The lowest BCUT2D eigenvalue weighted by molar-refractivity contribution is 0.263. The van der Waals surface area contributed by atoms with Gasteiger partial charge in [0.05, 0.1) is 0 Å². The van der Waals surface area contributed by atoms with Crippen molar-refractivity contribution in [1.82, 2.24) is 0 Å². The average Bonchev–Trinajstić information content (AvgIpc) is 2.54. The Labute approximate surface area is 160 Å². The highest BCUT2D eigenvalue weighted by Crippen LogP contribution is 2.32. The van der Waals surface area contributed by atoms with E-state index in [4.69, 9.17) is 0 Å². The van der Waals surface area contributed by atoms with Gasteiger partial charge in [0.25, 0.3) is 0 Å². The van der Waals surface area contributed by atoms with E-state index in [0.29, 0.717) is 5.41 Å². The fourth-order valence-electron chi connectivity index (χ4n) is 4.76. The smallest absolute Gasteiger partial charge is 0.0354 e. The van der Waals surface area contributed by atoms with Crippen molar-refractivity contribution in [1.29, 1.82) is 0 Å². The first-order chi connectivity index (χ1) is 11.8. The lowest BCUT2D eigenvalue weighted by atomic mass is 9.80. The zero-order valence-electron chi connectivity index (χ0n) is 18.7. The molecule has 4 atom stereocenters. The van der Waals surface area contributed by atoms with Gasteiger partial charge in [-0.3, -0.25) is 0 Å². The van der Waals surface area contributed by atoms with Crippen molar-refractivity contribution < 1.29 is 0 Å². The third kappa shape index (κ3) is 11.3. The van der Waals surface area contributed by atoms with Crippen LogP contribution in [0.1, 0.15) is 131 Å². The first-order valence-electron chi connectivity index (χ1n) is 11.8. The fourth-order valence-corrected chi connectivity index (χ4v) is 4.76. The molecule has 0 heteroatoms. The van der Waals surface area contributed by atoms with Crippen LogP contribution in [0.3, 0.4) is 0 Å². The Bertz CT molecular complexity index is 316. The normalized spacial score (nSPS) is 35.3. The minimum atomic E-state index is 0.562. The van der Waals surface area contributed by atoms with Gasteiger partial charge >= 0.3 is 0 Å². The first kappa shape index (κ1) is 23.0. The molecule has 0 nitrogen and oxygen atoms in total. The Kier molecular flexibility index (Phi) is 11.4. The number of hydrogen-bond donors (Lipinski definition) is 0. The highest BCUT2D eigenvalue weighted by atomic mass is 14.2. The minimum absolute atomic E-state index is 0.562. The van der Waals surface area contributed by atoms with Gasteiger partial charge in [-0.25, -0.2) is 0 Å². The van der Waals surface area contributed by atoms with Crippen molar-refractivity contribution in [3.05, 3.63) is 0 Å². The summed E-state index contributed by atoms with van der Waals surface area (Å²) in [5.74, 6) is 3.72. The molecule has 25 heavy (non-hydrogen) atoms. The van der Waals surface area contributed by atoms with Crippen LogP contribution in [0.4, 0.5) is 0 Å². The van der Waals surface area contributed by atoms with Crippen molar-refractivity contribution in [2.75, 3.05) is 0 Å². The van der Waals surface area contributed by atoms with Gasteiger partial charge in [-0.2, -0.15) is 0 Å². The van der Waals surface area contributed by atoms with E-state index in [0.717, 1.165) is 23.7 Å². The van der Waals surface area contributed by atoms with Gasteiger partial charge in [0.2, 0.25) is 0 Å². The summed E-state index contributed by atoms with van der Waals surface area (Å²) in [5.41, 5.74) is 0.562. The number of hydrogen-bond acceptors (Lipinski definition) is 0. The van der Waals surface area contributed by atoms with E-state index in [1.165, 1.54) is 89.9 Å². The Morgan fingerprint density at radius 2 is 0.880 bits per heavy atom. The fraction of sp³-hybridized carbons (Fsp3) is 1.00. The van der Waals surface area contributed by atoms with Gasteiger partial charge in [0.1, 0.15) is 0 Å². The van der Waals surface area contributed by atoms with Crippen LogP contribution in [0.5, 0.6) is 0 Å². The van der Waals surface area contributed by atoms with Gasteiger partial charge in [-0.15, -0.1) is 0 Å². The topological polar surface area (TPSA) is 0 Å². The van der Waals surface area contributed by atoms with Crippen LogP contribution in [0.15, 0.2) is 0 Å². The third-order valence-corrected chi connectivity index (χ3v) is 7.29. The molecule has 1 aliphatic rings. The van der Waals surface area contributed by atoms with E-state index in [9.17, 15) is 0 Å². The summed E-state index contributed by atoms with van der Waals surface area (Å²) in [6.45, 7) is 15.0. The zero-order valence-corrected chi connectivity index (χ0v) is 18.7. The monoisotopic (exact) mass is 350 g/mol. The van der Waals surface area contributed by atoms with Crippen LogP contribution in [0, 0.1) is 29.1 Å². The third-order valence-electron chi connectivity index (χ3n) is 7.29. The molecular formula is C25H50. The summed E-state index contributed by atoms with van der Waals surface area (Å²) in [6.07, 6.45) is 20.3. The quantitative estimate of drug-likeness (QED) is 0.408. The molecule has 0 amide bonds. The van der Waals surface area contributed by atoms with E-state index in [1.807, 2.05) is 0 Å². The van der Waals surface area contributed by atoms with Crippen molar-refractivity contribution in [2.24, 2.45) is 29.1 Å². The molecule has 4 unspecified atom stereocenters. The molecule has 150 valence electrons. The second-order valence-corrected chi connectivity index (χ2v) is 10.7. The summed E-state index contributed by atoms with van der Waals surface area (Å²) in [5, 5.41) is 0. The lowest BCUT2D eigenvalue weighted by Crippen LogP contribution is -2.13. The predicted molar refractivity (Wildman–Crippen MR) is 115 cm³/mol. The second-order valence-electron chi connectivity index (χ2n) is 10.7. The summed E-state index contributed by atoms with van der Waals surface area (Å²) in [6, 6.07) is 0. The molecule has 0 N–H and O–H groups in total. The number of rotatable bonds is 0.